The predicted octanol–water partition coefficient (Wildman–Crippen LogP) is 5.63. The number of rotatable bonds is 4. The fraction of sp³-hybridized carbons (Fsp3) is 0.0476. The van der Waals surface area contributed by atoms with E-state index < -0.39 is 0 Å². The number of hydrogen-bond donors (Lipinski definition) is 1. The number of fused-ring (bicyclic) bond motifs is 1. The number of para-hydroxylation sites is 2. The largest absolute Gasteiger partial charge is 0.464 e. The Morgan fingerprint density at radius 2 is 1.35 bits per heavy atom. The maximum Gasteiger partial charge on any atom is 0.134 e. The molecule has 112 valence electrons. The lowest BCUT2D eigenvalue weighted by atomic mass is 9.98. The Balaban J connectivity index is 1.82. The first-order valence-electron chi connectivity index (χ1n) is 7.74. The van der Waals surface area contributed by atoms with Crippen LogP contribution < -0.4 is 5.32 Å². The van der Waals surface area contributed by atoms with E-state index in [2.05, 4.69) is 47.8 Å². The zero-order chi connectivity index (χ0) is 15.5. The molecule has 1 atom stereocenters. The van der Waals surface area contributed by atoms with Crippen molar-refractivity contribution in [3.8, 4) is 0 Å². The SMILES string of the molecule is c1ccc(NC(c2ccccc2)c2coc3ccccc23)cc1. The fourth-order valence-electron chi connectivity index (χ4n) is 2.91. The molecular weight excluding hydrogens is 282 g/mol. The van der Waals surface area contributed by atoms with E-state index >= 15 is 0 Å². The van der Waals surface area contributed by atoms with Gasteiger partial charge in [0.1, 0.15) is 5.58 Å². The minimum Gasteiger partial charge on any atom is -0.464 e. The first-order chi connectivity index (χ1) is 11.4. The van der Waals surface area contributed by atoms with E-state index in [0.29, 0.717) is 0 Å². The molecule has 23 heavy (non-hydrogen) atoms. The van der Waals surface area contributed by atoms with E-state index in [1.165, 1.54) is 5.56 Å². The molecule has 0 aliphatic carbocycles. The van der Waals surface area contributed by atoms with Gasteiger partial charge >= 0.3 is 0 Å². The van der Waals surface area contributed by atoms with Gasteiger partial charge in [-0.25, -0.2) is 0 Å². The van der Waals surface area contributed by atoms with E-state index in [1.807, 2.05) is 48.7 Å². The first kappa shape index (κ1) is 13.6. The third-order valence-electron chi connectivity index (χ3n) is 4.04. The average Bonchev–Trinajstić information content (AvgIpc) is 3.05. The third-order valence-corrected chi connectivity index (χ3v) is 4.04. The summed E-state index contributed by atoms with van der Waals surface area (Å²) < 4.78 is 5.75. The molecule has 2 heteroatoms. The van der Waals surface area contributed by atoms with Crippen LogP contribution in [0, 0.1) is 0 Å². The van der Waals surface area contributed by atoms with Crippen molar-refractivity contribution >= 4 is 16.7 Å². The Bertz CT molecular complexity index is 897. The van der Waals surface area contributed by atoms with Gasteiger partial charge in [0.15, 0.2) is 0 Å². The van der Waals surface area contributed by atoms with Crippen molar-refractivity contribution in [1.82, 2.24) is 0 Å². The minimum absolute atomic E-state index is 0.0437. The second kappa shape index (κ2) is 6.01. The third kappa shape index (κ3) is 2.71. The van der Waals surface area contributed by atoms with Crippen LogP contribution in [-0.4, -0.2) is 0 Å². The standard InChI is InChI=1S/C21H17NO/c1-3-9-16(10-4-1)21(22-17-11-5-2-6-12-17)19-15-23-20-14-8-7-13-18(19)20/h1-15,21-22H. The van der Waals surface area contributed by atoms with Crippen molar-refractivity contribution in [2.45, 2.75) is 6.04 Å². The van der Waals surface area contributed by atoms with E-state index in [1.54, 1.807) is 0 Å². The van der Waals surface area contributed by atoms with E-state index in [0.717, 1.165) is 22.2 Å². The zero-order valence-corrected chi connectivity index (χ0v) is 12.6. The van der Waals surface area contributed by atoms with Gasteiger partial charge < -0.3 is 9.73 Å². The highest BCUT2D eigenvalue weighted by Crippen LogP contribution is 2.33. The Kier molecular flexibility index (Phi) is 3.57. The smallest absolute Gasteiger partial charge is 0.134 e. The van der Waals surface area contributed by atoms with Gasteiger partial charge in [-0.3, -0.25) is 0 Å². The Labute approximate surface area is 135 Å². The van der Waals surface area contributed by atoms with Crippen LogP contribution in [0.15, 0.2) is 95.6 Å². The lowest BCUT2D eigenvalue weighted by Gasteiger charge is -2.20. The molecular formula is C21H17NO. The Morgan fingerprint density at radius 3 is 2.13 bits per heavy atom. The molecule has 1 aromatic heterocycles. The van der Waals surface area contributed by atoms with Crippen molar-refractivity contribution in [1.29, 1.82) is 0 Å². The molecule has 0 aliphatic heterocycles. The van der Waals surface area contributed by atoms with Crippen molar-refractivity contribution in [3.63, 3.8) is 0 Å². The van der Waals surface area contributed by atoms with Crippen molar-refractivity contribution < 1.29 is 4.42 Å². The van der Waals surface area contributed by atoms with Gasteiger partial charge in [0.2, 0.25) is 0 Å². The predicted molar refractivity (Wildman–Crippen MR) is 94.6 cm³/mol. The molecule has 4 aromatic rings. The van der Waals surface area contributed by atoms with Gasteiger partial charge in [-0.05, 0) is 23.8 Å². The summed E-state index contributed by atoms with van der Waals surface area (Å²) in [6.07, 6.45) is 1.86. The van der Waals surface area contributed by atoms with Gasteiger partial charge in [-0.15, -0.1) is 0 Å². The summed E-state index contributed by atoms with van der Waals surface area (Å²) in [4.78, 5) is 0. The van der Waals surface area contributed by atoms with Gasteiger partial charge in [0, 0.05) is 16.6 Å². The van der Waals surface area contributed by atoms with Crippen LogP contribution in [0.5, 0.6) is 0 Å². The molecule has 0 aliphatic rings. The number of hydrogen-bond acceptors (Lipinski definition) is 2. The molecule has 0 saturated heterocycles. The maximum atomic E-state index is 5.75. The second-order valence-electron chi connectivity index (χ2n) is 5.54. The van der Waals surface area contributed by atoms with Crippen LogP contribution in [0.25, 0.3) is 11.0 Å². The van der Waals surface area contributed by atoms with Crippen molar-refractivity contribution in [3.05, 3.63) is 102 Å². The zero-order valence-electron chi connectivity index (χ0n) is 12.6. The molecule has 2 nitrogen and oxygen atoms in total. The van der Waals surface area contributed by atoms with Crippen LogP contribution in [-0.2, 0) is 0 Å². The lowest BCUT2D eigenvalue weighted by Crippen LogP contribution is -2.11. The molecule has 0 radical (unpaired) electrons. The molecule has 0 spiro atoms. The summed E-state index contributed by atoms with van der Waals surface area (Å²) in [6.45, 7) is 0. The van der Waals surface area contributed by atoms with Gasteiger partial charge in [-0.1, -0.05) is 66.7 Å². The van der Waals surface area contributed by atoms with Gasteiger partial charge in [-0.2, -0.15) is 0 Å². The summed E-state index contributed by atoms with van der Waals surface area (Å²) in [5.41, 5.74) is 4.36. The molecule has 0 saturated carbocycles. The molecule has 0 fully saturated rings. The van der Waals surface area contributed by atoms with Crippen molar-refractivity contribution in [2.75, 3.05) is 5.32 Å². The van der Waals surface area contributed by atoms with Crippen LogP contribution in [0.2, 0.25) is 0 Å². The van der Waals surface area contributed by atoms with Crippen molar-refractivity contribution in [2.24, 2.45) is 0 Å². The topological polar surface area (TPSA) is 25.2 Å². The molecule has 1 unspecified atom stereocenters. The lowest BCUT2D eigenvalue weighted by molar-refractivity contribution is 0.608. The minimum atomic E-state index is 0.0437. The fourth-order valence-corrected chi connectivity index (χ4v) is 2.91. The van der Waals surface area contributed by atoms with E-state index in [4.69, 9.17) is 4.42 Å². The average molecular weight is 299 g/mol. The van der Waals surface area contributed by atoms with Crippen LogP contribution in [0.4, 0.5) is 5.69 Å². The Morgan fingerprint density at radius 1 is 0.696 bits per heavy atom. The highest BCUT2D eigenvalue weighted by molar-refractivity contribution is 5.82. The first-order valence-corrected chi connectivity index (χ1v) is 7.74. The normalized spacial score (nSPS) is 12.2. The number of benzene rings is 3. The van der Waals surface area contributed by atoms with Crippen LogP contribution in [0.3, 0.4) is 0 Å². The molecule has 3 aromatic carbocycles. The van der Waals surface area contributed by atoms with E-state index in [-0.39, 0.29) is 6.04 Å². The number of furan rings is 1. The maximum absolute atomic E-state index is 5.75. The quantitative estimate of drug-likeness (QED) is 0.528. The van der Waals surface area contributed by atoms with Gasteiger partial charge in [0.25, 0.3) is 0 Å². The highest BCUT2D eigenvalue weighted by Gasteiger charge is 2.18. The van der Waals surface area contributed by atoms with E-state index in [9.17, 15) is 0 Å². The second-order valence-corrected chi connectivity index (χ2v) is 5.54. The summed E-state index contributed by atoms with van der Waals surface area (Å²) in [5, 5.41) is 4.77. The van der Waals surface area contributed by atoms with Gasteiger partial charge in [0.05, 0.1) is 12.3 Å². The molecule has 4 rings (SSSR count). The number of anilines is 1. The Hall–Kier alpha value is -3.00. The summed E-state index contributed by atoms with van der Waals surface area (Å²) in [7, 11) is 0. The molecule has 0 bridgehead atoms. The summed E-state index contributed by atoms with van der Waals surface area (Å²) >= 11 is 0. The number of nitrogens with one attached hydrogen (secondary N) is 1. The van der Waals surface area contributed by atoms with Crippen LogP contribution >= 0.6 is 0 Å². The summed E-state index contributed by atoms with van der Waals surface area (Å²) in [6, 6.07) is 28.9. The van der Waals surface area contributed by atoms with Crippen LogP contribution in [0.1, 0.15) is 17.2 Å². The molecule has 1 heterocycles. The molecule has 0 amide bonds. The monoisotopic (exact) mass is 299 g/mol. The summed E-state index contributed by atoms with van der Waals surface area (Å²) in [5.74, 6) is 0. The highest BCUT2D eigenvalue weighted by atomic mass is 16.3. The molecule has 1 N–H and O–H groups in total.